The van der Waals surface area contributed by atoms with Gasteiger partial charge in [-0.3, -0.25) is 14.4 Å². The lowest BCUT2D eigenvalue weighted by Crippen LogP contribution is -2.52. The third kappa shape index (κ3) is 6.22. The molecule has 1 aromatic heterocycles. The predicted octanol–water partition coefficient (Wildman–Crippen LogP) is 5.09. The molecule has 2 heterocycles. The molecule has 3 aromatic carbocycles. The topological polar surface area (TPSA) is 108 Å². The van der Waals surface area contributed by atoms with Crippen molar-refractivity contribution in [1.82, 2.24) is 14.8 Å². The molecule has 0 aliphatic carbocycles. The summed E-state index contributed by atoms with van der Waals surface area (Å²) in [6, 6.07) is 20.8. The average molecular weight is 611 g/mol. The van der Waals surface area contributed by atoms with Crippen molar-refractivity contribution in [2.45, 2.75) is 10.9 Å². The van der Waals surface area contributed by atoms with Crippen LogP contribution in [0, 0.1) is 0 Å². The second-order valence-corrected chi connectivity index (χ2v) is 12.6. The summed E-state index contributed by atoms with van der Waals surface area (Å²) in [7, 11) is -3.49. The molecule has 0 radical (unpaired) electrons. The van der Waals surface area contributed by atoms with E-state index in [2.05, 4.69) is 4.98 Å². The van der Waals surface area contributed by atoms with Crippen LogP contribution in [0.2, 0.25) is 10.0 Å². The minimum absolute atomic E-state index is 0.0680. The molecule has 1 atom stereocenters. The number of sulfone groups is 1. The van der Waals surface area contributed by atoms with Crippen molar-refractivity contribution >= 4 is 44.9 Å². The number of nitrogens with one attached hydrogen (secondary N) is 1. The van der Waals surface area contributed by atoms with Gasteiger partial charge in [-0.05, 0) is 65.7 Å². The lowest BCUT2D eigenvalue weighted by atomic mass is 10.00. The Morgan fingerprint density at radius 3 is 2.17 bits per heavy atom. The van der Waals surface area contributed by atoms with E-state index in [1.54, 1.807) is 58.3 Å². The molecule has 5 rings (SSSR count). The zero-order valence-corrected chi connectivity index (χ0v) is 24.2. The maximum absolute atomic E-state index is 13.7. The maximum atomic E-state index is 13.7. The quantitative estimate of drug-likeness (QED) is 0.339. The van der Waals surface area contributed by atoms with Crippen LogP contribution in [0.3, 0.4) is 0 Å². The fourth-order valence-corrected chi connectivity index (χ4v) is 5.76. The van der Waals surface area contributed by atoms with Gasteiger partial charge in [-0.2, -0.15) is 0 Å². The van der Waals surface area contributed by atoms with E-state index in [-0.39, 0.29) is 47.5 Å². The van der Waals surface area contributed by atoms with Crippen LogP contribution >= 0.6 is 23.2 Å². The number of piperazine rings is 1. The fourth-order valence-electron chi connectivity index (χ4n) is 4.84. The van der Waals surface area contributed by atoms with E-state index in [0.29, 0.717) is 21.2 Å². The lowest BCUT2D eigenvalue weighted by molar-refractivity contribution is 0.0383. The molecule has 2 amide bonds. The van der Waals surface area contributed by atoms with E-state index in [9.17, 15) is 22.8 Å². The van der Waals surface area contributed by atoms with Gasteiger partial charge in [0.1, 0.15) is 0 Å². The van der Waals surface area contributed by atoms with Gasteiger partial charge >= 0.3 is 0 Å². The van der Waals surface area contributed by atoms with Crippen LogP contribution in [0.1, 0.15) is 32.3 Å². The third-order valence-electron chi connectivity index (χ3n) is 7.00. The summed E-state index contributed by atoms with van der Waals surface area (Å²) in [5.41, 5.74) is 1.62. The van der Waals surface area contributed by atoms with E-state index >= 15 is 0 Å². The van der Waals surface area contributed by atoms with Crippen LogP contribution in [0.25, 0.3) is 11.1 Å². The lowest BCUT2D eigenvalue weighted by Gasteiger charge is -2.42. The molecule has 1 saturated heterocycles. The number of benzene rings is 3. The molecule has 0 bridgehead atoms. The highest BCUT2D eigenvalue weighted by Gasteiger charge is 2.34. The van der Waals surface area contributed by atoms with Crippen LogP contribution < -0.4 is 5.56 Å². The molecular formula is C30H25Cl2N3O5S. The molecule has 11 heteroatoms. The normalized spacial score (nSPS) is 15.5. The first kappa shape index (κ1) is 28.6. The zero-order chi connectivity index (χ0) is 29.3. The summed E-state index contributed by atoms with van der Waals surface area (Å²) >= 11 is 12.1. The molecule has 1 fully saturated rings. The van der Waals surface area contributed by atoms with Crippen molar-refractivity contribution in [3.05, 3.63) is 122 Å². The van der Waals surface area contributed by atoms with Gasteiger partial charge in [0.25, 0.3) is 17.4 Å². The second kappa shape index (κ2) is 11.5. The largest absolute Gasteiger partial charge is 0.334 e. The van der Waals surface area contributed by atoms with Crippen molar-refractivity contribution in [3.8, 4) is 11.1 Å². The first-order chi connectivity index (χ1) is 19.5. The van der Waals surface area contributed by atoms with E-state index in [1.807, 2.05) is 12.1 Å². The predicted molar refractivity (Wildman–Crippen MR) is 158 cm³/mol. The summed E-state index contributed by atoms with van der Waals surface area (Å²) in [5.74, 6) is -0.523. The Hall–Kier alpha value is -3.92. The van der Waals surface area contributed by atoms with E-state index in [4.69, 9.17) is 23.2 Å². The monoisotopic (exact) mass is 609 g/mol. The van der Waals surface area contributed by atoms with Gasteiger partial charge in [-0.25, -0.2) is 8.42 Å². The van der Waals surface area contributed by atoms with E-state index in [0.717, 1.165) is 11.8 Å². The van der Waals surface area contributed by atoms with Crippen molar-refractivity contribution < 1.29 is 18.0 Å². The van der Waals surface area contributed by atoms with E-state index < -0.39 is 21.4 Å². The number of halogens is 2. The van der Waals surface area contributed by atoms with Crippen LogP contribution in [0.15, 0.2) is 94.7 Å². The van der Waals surface area contributed by atoms with Crippen LogP contribution in [0.4, 0.5) is 0 Å². The van der Waals surface area contributed by atoms with Crippen molar-refractivity contribution in [2.75, 3.05) is 25.9 Å². The van der Waals surface area contributed by atoms with Crippen molar-refractivity contribution in [3.63, 3.8) is 0 Å². The number of aromatic nitrogens is 1. The van der Waals surface area contributed by atoms with Gasteiger partial charge in [-0.15, -0.1) is 0 Å². The summed E-state index contributed by atoms with van der Waals surface area (Å²) < 4.78 is 24.1. The Morgan fingerprint density at radius 1 is 0.854 bits per heavy atom. The maximum Gasteiger partial charge on any atom is 0.255 e. The summed E-state index contributed by atoms with van der Waals surface area (Å²) in [6.45, 7) is 0.741. The Kier molecular flexibility index (Phi) is 8.04. The van der Waals surface area contributed by atoms with E-state index in [1.165, 1.54) is 24.4 Å². The molecule has 1 unspecified atom stereocenters. The Balaban J connectivity index is 1.46. The van der Waals surface area contributed by atoms with Crippen molar-refractivity contribution in [1.29, 1.82) is 0 Å². The first-order valence-corrected chi connectivity index (χ1v) is 15.3. The minimum Gasteiger partial charge on any atom is -0.334 e. The van der Waals surface area contributed by atoms with Gasteiger partial charge < -0.3 is 14.8 Å². The zero-order valence-electron chi connectivity index (χ0n) is 21.9. The van der Waals surface area contributed by atoms with Crippen LogP contribution in [0.5, 0.6) is 0 Å². The number of pyridine rings is 1. The van der Waals surface area contributed by atoms with Crippen molar-refractivity contribution in [2.24, 2.45) is 0 Å². The molecule has 4 aromatic rings. The standard InChI is InChI=1S/C30H25Cl2N3O5S/c1-41(39,40)25-4-2-3-21(15-25)26-16-22(17-33-28(26)36)29(37)34-13-14-35(30(38)20-7-11-24(32)12-8-20)27(18-34)19-5-9-23(31)10-6-19/h2-12,15-17,27H,13-14,18H2,1H3,(H,33,36). The Labute approximate surface area is 247 Å². The number of carbonyl (C=O) groups excluding carboxylic acids is 2. The number of nitrogens with zero attached hydrogens (tertiary/aromatic N) is 2. The molecule has 8 nitrogen and oxygen atoms in total. The molecule has 0 saturated carbocycles. The third-order valence-corrected chi connectivity index (χ3v) is 8.61. The number of hydrogen-bond donors (Lipinski definition) is 1. The average Bonchev–Trinajstić information content (AvgIpc) is 2.97. The highest BCUT2D eigenvalue weighted by Crippen LogP contribution is 2.30. The molecule has 210 valence electrons. The highest BCUT2D eigenvalue weighted by atomic mass is 35.5. The summed E-state index contributed by atoms with van der Waals surface area (Å²) in [6.07, 6.45) is 2.43. The number of aromatic amines is 1. The van der Waals surface area contributed by atoms with Crippen LogP contribution in [-0.4, -0.2) is 60.9 Å². The van der Waals surface area contributed by atoms with Gasteiger partial charge in [0, 0.05) is 53.3 Å². The molecule has 1 aliphatic rings. The molecule has 41 heavy (non-hydrogen) atoms. The van der Waals surface area contributed by atoms with Gasteiger partial charge in [0.15, 0.2) is 9.84 Å². The SMILES string of the molecule is CS(=O)(=O)c1cccc(-c2cc(C(=O)N3CCN(C(=O)c4ccc(Cl)cc4)C(c4ccc(Cl)cc4)C3)c[nH]c2=O)c1. The van der Waals surface area contributed by atoms with Crippen LogP contribution in [-0.2, 0) is 9.84 Å². The molecule has 1 aliphatic heterocycles. The second-order valence-electron chi connectivity index (χ2n) is 9.76. The number of hydrogen-bond acceptors (Lipinski definition) is 5. The molecule has 0 spiro atoms. The Morgan fingerprint density at radius 2 is 1.51 bits per heavy atom. The fraction of sp³-hybridized carbons (Fsp3) is 0.167. The van der Waals surface area contributed by atoms with Gasteiger partial charge in [-0.1, -0.05) is 47.5 Å². The summed E-state index contributed by atoms with van der Waals surface area (Å²) in [5, 5.41) is 1.07. The minimum atomic E-state index is -3.49. The summed E-state index contributed by atoms with van der Waals surface area (Å²) in [4.78, 5) is 45.9. The number of carbonyl (C=O) groups is 2. The highest BCUT2D eigenvalue weighted by molar-refractivity contribution is 7.90. The number of H-pyrrole nitrogens is 1. The van der Waals surface area contributed by atoms with Gasteiger partial charge in [0.05, 0.1) is 16.5 Å². The molecule has 1 N–H and O–H groups in total. The smallest absolute Gasteiger partial charge is 0.255 e. The number of amides is 2. The number of rotatable bonds is 5. The molecular weight excluding hydrogens is 585 g/mol. The first-order valence-electron chi connectivity index (χ1n) is 12.7. The van der Waals surface area contributed by atoms with Gasteiger partial charge in [0.2, 0.25) is 0 Å². The Bertz CT molecular complexity index is 1790.